The van der Waals surface area contributed by atoms with Crippen molar-refractivity contribution in [3.8, 4) is 0 Å². The van der Waals surface area contributed by atoms with Gasteiger partial charge in [-0.2, -0.15) is 5.10 Å². The van der Waals surface area contributed by atoms with Gasteiger partial charge in [-0.25, -0.2) is 13.1 Å². The summed E-state index contributed by atoms with van der Waals surface area (Å²) in [6, 6.07) is 0. The second kappa shape index (κ2) is 6.89. The highest BCUT2D eigenvalue weighted by Gasteiger charge is 2.30. The van der Waals surface area contributed by atoms with E-state index in [-0.39, 0.29) is 0 Å². The van der Waals surface area contributed by atoms with Gasteiger partial charge in [-0.05, 0) is 41.2 Å². The molecule has 0 saturated heterocycles. The van der Waals surface area contributed by atoms with E-state index in [2.05, 4.69) is 15.1 Å². The van der Waals surface area contributed by atoms with Crippen LogP contribution in [0.15, 0.2) is 4.90 Å². The van der Waals surface area contributed by atoms with Gasteiger partial charge in [0.05, 0.1) is 17.9 Å². The minimum atomic E-state index is -3.56. The normalized spacial score (nSPS) is 12.9. The first kappa shape index (κ1) is 18.1. The van der Waals surface area contributed by atoms with Crippen molar-refractivity contribution in [3.63, 3.8) is 0 Å². The van der Waals surface area contributed by atoms with Crippen LogP contribution in [0, 0.1) is 13.8 Å². The first-order valence-electron chi connectivity index (χ1n) is 7.37. The molecule has 1 aromatic rings. The van der Waals surface area contributed by atoms with E-state index < -0.39 is 15.6 Å². The molecule has 1 rings (SSSR count). The number of hydrogen-bond donors (Lipinski definition) is 2. The maximum atomic E-state index is 12.7. The molecule has 0 radical (unpaired) electrons. The van der Waals surface area contributed by atoms with Crippen molar-refractivity contribution in [2.45, 2.75) is 64.4 Å². The minimum Gasteiger partial charge on any atom is -0.318 e. The summed E-state index contributed by atoms with van der Waals surface area (Å²) in [4.78, 5) is 0.308. The molecular formula is C14H28N4O2S. The van der Waals surface area contributed by atoms with Gasteiger partial charge in [0.25, 0.3) is 0 Å². The summed E-state index contributed by atoms with van der Waals surface area (Å²) in [5.41, 5.74) is 0.769. The lowest BCUT2D eigenvalue weighted by molar-refractivity contribution is 0.417. The zero-order valence-corrected chi connectivity index (χ0v) is 14.8. The zero-order chi connectivity index (χ0) is 16.3. The van der Waals surface area contributed by atoms with Crippen LogP contribution in [0.3, 0.4) is 0 Å². The Morgan fingerprint density at radius 2 is 1.90 bits per heavy atom. The third kappa shape index (κ3) is 4.52. The van der Waals surface area contributed by atoms with Crippen molar-refractivity contribution in [2.24, 2.45) is 0 Å². The molecule has 0 amide bonds. The average Bonchev–Trinajstić information content (AvgIpc) is 2.60. The van der Waals surface area contributed by atoms with Gasteiger partial charge in [0.2, 0.25) is 10.0 Å². The fourth-order valence-corrected chi connectivity index (χ4v) is 4.45. The Morgan fingerprint density at radius 1 is 1.29 bits per heavy atom. The molecule has 0 bridgehead atoms. The van der Waals surface area contributed by atoms with Crippen molar-refractivity contribution in [1.29, 1.82) is 0 Å². The Hall–Kier alpha value is -0.920. The molecule has 0 spiro atoms. The monoisotopic (exact) mass is 316 g/mol. The Bertz CT molecular complexity index is 576. The number of rotatable bonds is 8. The van der Waals surface area contributed by atoms with Crippen LogP contribution in [0.25, 0.3) is 0 Å². The molecule has 0 fully saturated rings. The molecule has 0 saturated carbocycles. The van der Waals surface area contributed by atoms with Gasteiger partial charge in [0.1, 0.15) is 4.90 Å². The zero-order valence-electron chi connectivity index (χ0n) is 13.9. The number of aromatic nitrogens is 2. The third-order valence-electron chi connectivity index (χ3n) is 3.44. The average molecular weight is 316 g/mol. The summed E-state index contributed by atoms with van der Waals surface area (Å²) in [7, 11) is -1.70. The van der Waals surface area contributed by atoms with E-state index in [0.717, 1.165) is 19.4 Å². The molecule has 0 aliphatic carbocycles. The summed E-state index contributed by atoms with van der Waals surface area (Å²) in [6.45, 7) is 10.8. The highest BCUT2D eigenvalue weighted by molar-refractivity contribution is 7.89. The number of likely N-dealkylation sites (N-methyl/N-ethyl adjacent to an activating group) is 1. The third-order valence-corrected chi connectivity index (χ3v) is 5.39. The lowest BCUT2D eigenvalue weighted by Crippen LogP contribution is -2.43. The first-order valence-corrected chi connectivity index (χ1v) is 8.85. The molecule has 0 atom stereocenters. The van der Waals surface area contributed by atoms with Gasteiger partial charge in [-0.1, -0.05) is 13.3 Å². The Labute approximate surface area is 128 Å². The summed E-state index contributed by atoms with van der Waals surface area (Å²) in [5.74, 6) is 0. The molecule has 1 aromatic heterocycles. The topological polar surface area (TPSA) is 76.0 Å². The summed E-state index contributed by atoms with van der Waals surface area (Å²) >= 11 is 0. The van der Waals surface area contributed by atoms with Crippen LogP contribution in [-0.2, 0) is 16.6 Å². The van der Waals surface area contributed by atoms with E-state index in [1.54, 1.807) is 18.5 Å². The van der Waals surface area contributed by atoms with Crippen molar-refractivity contribution >= 4 is 10.0 Å². The second-order valence-electron chi connectivity index (χ2n) is 6.07. The van der Waals surface area contributed by atoms with Crippen LogP contribution >= 0.6 is 0 Å². The maximum absolute atomic E-state index is 12.7. The van der Waals surface area contributed by atoms with Crippen molar-refractivity contribution in [1.82, 2.24) is 19.8 Å². The molecule has 6 nitrogen and oxygen atoms in total. The van der Waals surface area contributed by atoms with Crippen LogP contribution in [0.2, 0.25) is 0 Å². The first-order chi connectivity index (χ1) is 9.64. The van der Waals surface area contributed by atoms with Crippen LogP contribution in [0.1, 0.15) is 45.0 Å². The van der Waals surface area contributed by atoms with E-state index in [9.17, 15) is 8.42 Å². The number of nitrogens with zero attached hydrogens (tertiary/aromatic N) is 2. The Kier molecular flexibility index (Phi) is 5.95. The van der Waals surface area contributed by atoms with Crippen molar-refractivity contribution in [3.05, 3.63) is 11.4 Å². The summed E-state index contributed by atoms with van der Waals surface area (Å²) in [5, 5.41) is 7.39. The standard InChI is InChI=1S/C14H28N4O2S/c1-7-8-14(4,5)17-21(19,20)13-11(2)16-18(12(13)3)10-9-15-6/h15,17H,7-10H2,1-6H3. The largest absolute Gasteiger partial charge is 0.318 e. The van der Waals surface area contributed by atoms with Crippen LogP contribution in [0.4, 0.5) is 0 Å². The van der Waals surface area contributed by atoms with Crippen molar-refractivity contribution < 1.29 is 8.42 Å². The van der Waals surface area contributed by atoms with Gasteiger partial charge in [0.15, 0.2) is 0 Å². The van der Waals surface area contributed by atoms with Crippen LogP contribution in [-0.4, -0.2) is 37.3 Å². The molecule has 0 aliphatic rings. The molecule has 2 N–H and O–H groups in total. The van der Waals surface area contributed by atoms with Crippen molar-refractivity contribution in [2.75, 3.05) is 13.6 Å². The van der Waals surface area contributed by atoms with Gasteiger partial charge in [-0.15, -0.1) is 0 Å². The van der Waals surface area contributed by atoms with E-state index in [0.29, 0.717) is 22.8 Å². The molecule has 21 heavy (non-hydrogen) atoms. The van der Waals surface area contributed by atoms with E-state index in [1.165, 1.54) is 0 Å². The van der Waals surface area contributed by atoms with Gasteiger partial charge in [0, 0.05) is 12.1 Å². The molecule has 122 valence electrons. The molecule has 0 aliphatic heterocycles. The highest BCUT2D eigenvalue weighted by Crippen LogP contribution is 2.22. The predicted molar refractivity (Wildman–Crippen MR) is 84.9 cm³/mol. The fourth-order valence-electron chi connectivity index (χ4n) is 2.60. The van der Waals surface area contributed by atoms with Crippen LogP contribution < -0.4 is 10.0 Å². The van der Waals surface area contributed by atoms with E-state index in [4.69, 9.17) is 0 Å². The molecule has 0 aromatic carbocycles. The van der Waals surface area contributed by atoms with Gasteiger partial charge in [-0.3, -0.25) is 4.68 Å². The Balaban J connectivity index is 3.11. The summed E-state index contributed by atoms with van der Waals surface area (Å²) in [6.07, 6.45) is 1.72. The number of aryl methyl sites for hydroxylation is 1. The second-order valence-corrected chi connectivity index (χ2v) is 7.69. The smallest absolute Gasteiger partial charge is 0.244 e. The fraction of sp³-hybridized carbons (Fsp3) is 0.786. The lowest BCUT2D eigenvalue weighted by atomic mass is 10.0. The summed E-state index contributed by atoms with van der Waals surface area (Å²) < 4.78 is 29.9. The quantitative estimate of drug-likeness (QED) is 0.763. The number of hydrogen-bond acceptors (Lipinski definition) is 4. The molecular weight excluding hydrogens is 288 g/mol. The van der Waals surface area contributed by atoms with E-state index >= 15 is 0 Å². The van der Waals surface area contributed by atoms with Crippen LogP contribution in [0.5, 0.6) is 0 Å². The molecule has 0 unspecified atom stereocenters. The predicted octanol–water partition coefficient (Wildman–Crippen LogP) is 1.58. The molecule has 1 heterocycles. The SMILES string of the molecule is CCCC(C)(C)NS(=O)(=O)c1c(C)nn(CCNC)c1C. The highest BCUT2D eigenvalue weighted by atomic mass is 32.2. The number of sulfonamides is 1. The van der Waals surface area contributed by atoms with Gasteiger partial charge < -0.3 is 5.32 Å². The Morgan fingerprint density at radius 3 is 2.43 bits per heavy atom. The van der Waals surface area contributed by atoms with Gasteiger partial charge >= 0.3 is 0 Å². The minimum absolute atomic E-state index is 0.308. The number of nitrogens with one attached hydrogen (secondary N) is 2. The lowest BCUT2D eigenvalue weighted by Gasteiger charge is -2.25. The van der Waals surface area contributed by atoms with E-state index in [1.807, 2.05) is 27.8 Å². The molecule has 7 heteroatoms. The maximum Gasteiger partial charge on any atom is 0.244 e.